The van der Waals surface area contributed by atoms with E-state index in [0.717, 1.165) is 0 Å². The van der Waals surface area contributed by atoms with E-state index in [4.69, 9.17) is 15.6 Å². The van der Waals surface area contributed by atoms with Crippen molar-refractivity contribution in [3.05, 3.63) is 0 Å². The monoisotopic (exact) mass is 173 g/mol. The summed E-state index contributed by atoms with van der Waals surface area (Å²) in [6.07, 6.45) is 1.58. The Kier molecular flexibility index (Phi) is 2.69. The third-order valence-electron chi connectivity index (χ3n) is 2.17. The van der Waals surface area contributed by atoms with Gasteiger partial charge in [-0.3, -0.25) is 4.79 Å². The van der Waals surface area contributed by atoms with E-state index >= 15 is 0 Å². The lowest BCUT2D eigenvalue weighted by Gasteiger charge is -2.43. The lowest BCUT2D eigenvalue weighted by Crippen LogP contribution is -2.56. The van der Waals surface area contributed by atoms with Crippen LogP contribution in [0.15, 0.2) is 0 Å². The molecule has 0 aliphatic heterocycles. The third-order valence-corrected chi connectivity index (χ3v) is 2.17. The van der Waals surface area contributed by atoms with Crippen molar-refractivity contribution < 1.29 is 14.6 Å². The smallest absolute Gasteiger partial charge is 0.305 e. The van der Waals surface area contributed by atoms with Crippen molar-refractivity contribution in [3.8, 4) is 0 Å². The van der Waals surface area contributed by atoms with Crippen LogP contribution in [0.5, 0.6) is 0 Å². The molecule has 0 spiro atoms. The van der Waals surface area contributed by atoms with Gasteiger partial charge in [-0.05, 0) is 19.8 Å². The van der Waals surface area contributed by atoms with E-state index in [1.807, 2.05) is 6.92 Å². The molecule has 1 rings (SSSR count). The van der Waals surface area contributed by atoms with Gasteiger partial charge in [0.25, 0.3) is 0 Å². The van der Waals surface area contributed by atoms with E-state index in [9.17, 15) is 4.79 Å². The molecule has 0 unspecified atom stereocenters. The Balaban J connectivity index is 2.25. The van der Waals surface area contributed by atoms with E-state index in [0.29, 0.717) is 19.4 Å². The summed E-state index contributed by atoms with van der Waals surface area (Å²) in [5.74, 6) is -0.826. The summed E-state index contributed by atoms with van der Waals surface area (Å²) in [4.78, 5) is 10.4. The van der Waals surface area contributed by atoms with Crippen LogP contribution >= 0.6 is 0 Å². The second-order valence-electron chi connectivity index (χ2n) is 3.42. The number of carbonyl (C=O) groups is 1. The molecule has 70 valence electrons. The predicted octanol–water partition coefficient (Wildman–Crippen LogP) is 0.357. The molecule has 4 heteroatoms. The van der Waals surface area contributed by atoms with Crippen LogP contribution in [0.4, 0.5) is 0 Å². The Labute approximate surface area is 71.7 Å². The molecule has 0 aromatic carbocycles. The van der Waals surface area contributed by atoms with Crippen LogP contribution in [0, 0.1) is 0 Å². The molecule has 12 heavy (non-hydrogen) atoms. The van der Waals surface area contributed by atoms with Gasteiger partial charge in [-0.1, -0.05) is 0 Å². The molecule has 0 radical (unpaired) electrons. The second-order valence-corrected chi connectivity index (χ2v) is 3.42. The number of nitrogens with two attached hydrogens (primary N) is 1. The summed E-state index contributed by atoms with van der Waals surface area (Å²) in [6, 6.07) is 0. The van der Waals surface area contributed by atoms with Crippen LogP contribution < -0.4 is 5.73 Å². The van der Waals surface area contributed by atoms with E-state index in [2.05, 4.69) is 0 Å². The highest BCUT2D eigenvalue weighted by molar-refractivity contribution is 5.68. The SMILES string of the molecule is CCOC1CC(N)(CC(=O)O)C1. The van der Waals surface area contributed by atoms with Gasteiger partial charge in [-0.15, -0.1) is 0 Å². The highest BCUT2D eigenvalue weighted by Crippen LogP contribution is 2.34. The highest BCUT2D eigenvalue weighted by atomic mass is 16.5. The highest BCUT2D eigenvalue weighted by Gasteiger charge is 2.42. The number of carboxylic acid groups (broad SMARTS) is 1. The summed E-state index contributed by atoms with van der Waals surface area (Å²) in [5, 5.41) is 8.51. The Hall–Kier alpha value is -0.610. The van der Waals surface area contributed by atoms with Crippen LogP contribution in [0.3, 0.4) is 0 Å². The molecule has 0 atom stereocenters. The predicted molar refractivity (Wildman–Crippen MR) is 43.8 cm³/mol. The zero-order valence-corrected chi connectivity index (χ0v) is 7.25. The molecule has 0 aromatic rings. The van der Waals surface area contributed by atoms with Crippen molar-refractivity contribution in [1.29, 1.82) is 0 Å². The normalized spacial score (nSPS) is 34.3. The van der Waals surface area contributed by atoms with E-state index < -0.39 is 11.5 Å². The van der Waals surface area contributed by atoms with Gasteiger partial charge in [-0.2, -0.15) is 0 Å². The Bertz CT molecular complexity index is 175. The van der Waals surface area contributed by atoms with Crippen molar-refractivity contribution in [1.82, 2.24) is 0 Å². The Morgan fingerprint density at radius 2 is 2.33 bits per heavy atom. The van der Waals surface area contributed by atoms with Crippen molar-refractivity contribution in [2.75, 3.05) is 6.61 Å². The summed E-state index contributed by atoms with van der Waals surface area (Å²) >= 11 is 0. The zero-order valence-electron chi connectivity index (χ0n) is 7.25. The molecule has 1 aliphatic carbocycles. The largest absolute Gasteiger partial charge is 0.481 e. The third kappa shape index (κ3) is 2.19. The first-order chi connectivity index (χ1) is 5.56. The van der Waals surface area contributed by atoms with Gasteiger partial charge in [0.05, 0.1) is 12.5 Å². The van der Waals surface area contributed by atoms with Crippen molar-refractivity contribution >= 4 is 5.97 Å². The molecule has 0 bridgehead atoms. The van der Waals surface area contributed by atoms with E-state index in [1.165, 1.54) is 0 Å². The van der Waals surface area contributed by atoms with Gasteiger partial charge in [-0.25, -0.2) is 0 Å². The van der Waals surface area contributed by atoms with Gasteiger partial charge in [0, 0.05) is 12.1 Å². The quantitative estimate of drug-likeness (QED) is 0.643. The molecule has 0 aromatic heterocycles. The van der Waals surface area contributed by atoms with Crippen molar-refractivity contribution in [2.45, 2.75) is 37.8 Å². The number of ether oxygens (including phenoxy) is 1. The molecule has 4 nitrogen and oxygen atoms in total. The molecule has 3 N–H and O–H groups in total. The first-order valence-corrected chi connectivity index (χ1v) is 4.18. The van der Waals surface area contributed by atoms with Crippen molar-refractivity contribution in [3.63, 3.8) is 0 Å². The van der Waals surface area contributed by atoms with Gasteiger partial charge < -0.3 is 15.6 Å². The average Bonchev–Trinajstić information content (AvgIpc) is 1.82. The molecular formula is C8H15NO3. The maximum Gasteiger partial charge on any atom is 0.305 e. The van der Waals surface area contributed by atoms with Crippen LogP contribution in [0.2, 0.25) is 0 Å². The number of rotatable bonds is 4. The van der Waals surface area contributed by atoms with Gasteiger partial charge in [0.1, 0.15) is 0 Å². The average molecular weight is 173 g/mol. The molecule has 0 amide bonds. The number of hydrogen-bond donors (Lipinski definition) is 2. The van der Waals surface area contributed by atoms with Crippen LogP contribution in [-0.2, 0) is 9.53 Å². The standard InChI is InChI=1S/C8H15NO3/c1-2-12-6-3-8(9,4-6)5-7(10)11/h6H,2-5,9H2,1H3,(H,10,11). The topological polar surface area (TPSA) is 72.5 Å². The molecule has 0 heterocycles. The van der Waals surface area contributed by atoms with Gasteiger partial charge >= 0.3 is 5.97 Å². The lowest BCUT2D eigenvalue weighted by molar-refractivity contribution is -0.141. The number of hydrogen-bond acceptors (Lipinski definition) is 3. The summed E-state index contributed by atoms with van der Waals surface area (Å²) in [5.41, 5.74) is 5.26. The van der Waals surface area contributed by atoms with Gasteiger partial charge in [0.2, 0.25) is 0 Å². The second kappa shape index (κ2) is 3.41. The summed E-state index contributed by atoms with van der Waals surface area (Å²) < 4.78 is 5.28. The molecule has 1 fully saturated rings. The Morgan fingerprint density at radius 3 is 2.75 bits per heavy atom. The minimum Gasteiger partial charge on any atom is -0.481 e. The lowest BCUT2D eigenvalue weighted by atomic mass is 9.73. The molecular weight excluding hydrogens is 158 g/mol. The molecule has 1 saturated carbocycles. The number of aliphatic carboxylic acids is 1. The number of carboxylic acids is 1. The maximum atomic E-state index is 10.4. The summed E-state index contributed by atoms with van der Waals surface area (Å²) in [7, 11) is 0. The molecule has 1 aliphatic rings. The van der Waals surface area contributed by atoms with E-state index in [-0.39, 0.29) is 12.5 Å². The van der Waals surface area contributed by atoms with E-state index in [1.54, 1.807) is 0 Å². The van der Waals surface area contributed by atoms with Crippen LogP contribution in [-0.4, -0.2) is 29.3 Å². The first-order valence-electron chi connectivity index (χ1n) is 4.18. The fourth-order valence-electron chi connectivity index (χ4n) is 1.65. The minimum absolute atomic E-state index is 0.0522. The zero-order chi connectivity index (χ0) is 9.19. The summed E-state index contributed by atoms with van der Waals surface area (Å²) in [6.45, 7) is 2.60. The minimum atomic E-state index is -0.826. The fraction of sp³-hybridized carbons (Fsp3) is 0.875. The van der Waals surface area contributed by atoms with Crippen LogP contribution in [0.1, 0.15) is 26.2 Å². The first kappa shape index (κ1) is 9.48. The van der Waals surface area contributed by atoms with Gasteiger partial charge in [0.15, 0.2) is 0 Å². The van der Waals surface area contributed by atoms with Crippen LogP contribution in [0.25, 0.3) is 0 Å². The Morgan fingerprint density at radius 1 is 1.75 bits per heavy atom. The fourth-order valence-corrected chi connectivity index (χ4v) is 1.65. The maximum absolute atomic E-state index is 10.4. The van der Waals surface area contributed by atoms with Crippen molar-refractivity contribution in [2.24, 2.45) is 5.73 Å². The molecule has 0 saturated heterocycles.